The summed E-state index contributed by atoms with van der Waals surface area (Å²) in [5, 5.41) is 0. The zero-order chi connectivity index (χ0) is 9.14. The first-order valence-corrected chi connectivity index (χ1v) is 3.74. The summed E-state index contributed by atoms with van der Waals surface area (Å²) in [5.41, 5.74) is 11.9. The molecule has 0 fully saturated rings. The molecule has 1 heterocycles. The van der Waals surface area contributed by atoms with Crippen LogP contribution in [-0.4, -0.2) is 21.9 Å². The van der Waals surface area contributed by atoms with Gasteiger partial charge in [-0.15, -0.1) is 0 Å². The van der Waals surface area contributed by atoms with Crippen LogP contribution in [0.3, 0.4) is 0 Å². The number of rotatable bonds is 2. The van der Waals surface area contributed by atoms with Crippen molar-refractivity contribution in [1.82, 2.24) is 9.55 Å². The summed E-state index contributed by atoms with van der Waals surface area (Å²) in [7, 11) is 1.81. The molecule has 0 saturated heterocycles. The molecule has 0 aliphatic carbocycles. The Kier molecular flexibility index (Phi) is 2.32. The zero-order valence-corrected chi connectivity index (χ0v) is 7.28. The van der Waals surface area contributed by atoms with Crippen LogP contribution in [0.4, 0.5) is 5.82 Å². The Morgan fingerprint density at radius 1 is 1.75 bits per heavy atom. The lowest BCUT2D eigenvalue weighted by Gasteiger charge is -1.98. The van der Waals surface area contributed by atoms with Gasteiger partial charge in [0.2, 0.25) is 0 Å². The molecule has 0 spiro atoms. The lowest BCUT2D eigenvalue weighted by Crippen LogP contribution is -2.16. The van der Waals surface area contributed by atoms with Gasteiger partial charge in [0, 0.05) is 13.6 Å². The quantitative estimate of drug-likeness (QED) is 0.469. The summed E-state index contributed by atoms with van der Waals surface area (Å²) >= 11 is 0. The molecule has 0 aliphatic heterocycles. The van der Waals surface area contributed by atoms with Crippen LogP contribution in [0.25, 0.3) is 0 Å². The van der Waals surface area contributed by atoms with Gasteiger partial charge in [0.05, 0.1) is 6.33 Å². The van der Waals surface area contributed by atoms with Crippen LogP contribution in [0.2, 0.25) is 0 Å². The molecule has 1 rings (SSSR count). The van der Waals surface area contributed by atoms with Gasteiger partial charge in [-0.05, 0) is 6.92 Å². The number of aliphatic imine (C=N–C) groups is 1. The molecule has 0 bridgehead atoms. The van der Waals surface area contributed by atoms with Crippen LogP contribution in [-0.2, 0) is 7.05 Å². The molecule has 4 N–H and O–H groups in total. The van der Waals surface area contributed by atoms with Crippen molar-refractivity contribution in [3.05, 3.63) is 12.0 Å². The molecular weight excluding hydrogens is 154 g/mol. The van der Waals surface area contributed by atoms with Crippen molar-refractivity contribution in [2.75, 3.05) is 12.3 Å². The lowest BCUT2D eigenvalue weighted by atomic mass is 10.4. The third-order valence-corrected chi connectivity index (χ3v) is 1.55. The largest absolute Gasteiger partial charge is 0.383 e. The second-order valence-corrected chi connectivity index (χ2v) is 2.45. The SMILES string of the molecule is CCN=C(N)c1ncn(C)c1N. The van der Waals surface area contributed by atoms with Crippen molar-refractivity contribution in [2.24, 2.45) is 17.8 Å². The molecule has 1 aromatic heterocycles. The minimum Gasteiger partial charge on any atom is -0.383 e. The number of nitrogens with two attached hydrogens (primary N) is 2. The minimum atomic E-state index is 0.399. The van der Waals surface area contributed by atoms with Gasteiger partial charge in [-0.25, -0.2) is 4.98 Å². The molecule has 12 heavy (non-hydrogen) atoms. The summed E-state index contributed by atoms with van der Waals surface area (Å²) in [6, 6.07) is 0. The van der Waals surface area contributed by atoms with E-state index in [1.54, 1.807) is 10.9 Å². The predicted molar refractivity (Wildman–Crippen MR) is 48.9 cm³/mol. The number of anilines is 1. The van der Waals surface area contributed by atoms with Crippen LogP contribution < -0.4 is 11.5 Å². The van der Waals surface area contributed by atoms with E-state index in [1.807, 2.05) is 14.0 Å². The van der Waals surface area contributed by atoms with Gasteiger partial charge < -0.3 is 16.0 Å². The smallest absolute Gasteiger partial charge is 0.148 e. The zero-order valence-electron chi connectivity index (χ0n) is 7.28. The Balaban J connectivity index is 3.03. The standard InChI is InChI=1S/C7H13N5/c1-3-10-6(8)5-7(9)12(2)4-11-5/h4H,3,9H2,1-2H3,(H2,8,10). The third-order valence-electron chi connectivity index (χ3n) is 1.55. The highest BCUT2D eigenvalue weighted by molar-refractivity contribution is 5.99. The number of nitrogen functional groups attached to an aromatic ring is 1. The molecule has 66 valence electrons. The van der Waals surface area contributed by atoms with E-state index >= 15 is 0 Å². The first-order chi connectivity index (χ1) is 5.66. The Morgan fingerprint density at radius 2 is 2.42 bits per heavy atom. The molecule has 0 radical (unpaired) electrons. The van der Waals surface area contributed by atoms with Gasteiger partial charge in [0.15, 0.2) is 0 Å². The molecule has 5 heteroatoms. The fraction of sp³-hybridized carbons (Fsp3) is 0.429. The predicted octanol–water partition coefficient (Wildman–Crippen LogP) is -0.272. The van der Waals surface area contributed by atoms with Gasteiger partial charge in [-0.2, -0.15) is 0 Å². The molecule has 0 atom stereocenters. The summed E-state index contributed by atoms with van der Waals surface area (Å²) in [5.74, 6) is 0.945. The number of hydrogen-bond donors (Lipinski definition) is 2. The van der Waals surface area contributed by atoms with E-state index in [2.05, 4.69) is 9.98 Å². The van der Waals surface area contributed by atoms with Gasteiger partial charge >= 0.3 is 0 Å². The molecule has 0 unspecified atom stereocenters. The number of aryl methyl sites for hydroxylation is 1. The Morgan fingerprint density at radius 3 is 2.83 bits per heavy atom. The van der Waals surface area contributed by atoms with Crippen LogP contribution in [0, 0.1) is 0 Å². The van der Waals surface area contributed by atoms with Crippen molar-refractivity contribution < 1.29 is 0 Å². The van der Waals surface area contributed by atoms with Crippen molar-refractivity contribution in [3.8, 4) is 0 Å². The van der Waals surface area contributed by atoms with Gasteiger partial charge in [0.25, 0.3) is 0 Å². The molecule has 1 aromatic rings. The molecule has 0 aliphatic rings. The molecule has 5 nitrogen and oxygen atoms in total. The van der Waals surface area contributed by atoms with Crippen molar-refractivity contribution in [3.63, 3.8) is 0 Å². The highest BCUT2D eigenvalue weighted by atomic mass is 15.1. The van der Waals surface area contributed by atoms with Crippen molar-refractivity contribution in [2.45, 2.75) is 6.92 Å². The van der Waals surface area contributed by atoms with Gasteiger partial charge in [-0.1, -0.05) is 0 Å². The average molecular weight is 167 g/mol. The molecule has 0 aromatic carbocycles. The van der Waals surface area contributed by atoms with E-state index in [1.165, 1.54) is 0 Å². The molecule has 0 amide bonds. The number of amidine groups is 1. The maximum Gasteiger partial charge on any atom is 0.148 e. The van der Waals surface area contributed by atoms with E-state index in [-0.39, 0.29) is 0 Å². The highest BCUT2D eigenvalue weighted by Gasteiger charge is 2.07. The van der Waals surface area contributed by atoms with Gasteiger partial charge in [0.1, 0.15) is 17.3 Å². The monoisotopic (exact) mass is 167 g/mol. The maximum atomic E-state index is 5.67. The lowest BCUT2D eigenvalue weighted by molar-refractivity contribution is 0.925. The second-order valence-electron chi connectivity index (χ2n) is 2.45. The number of aromatic nitrogens is 2. The van der Waals surface area contributed by atoms with E-state index in [0.717, 1.165) is 0 Å². The van der Waals surface area contributed by atoms with Crippen molar-refractivity contribution in [1.29, 1.82) is 0 Å². The second kappa shape index (κ2) is 3.25. The molecular formula is C7H13N5. The van der Waals surface area contributed by atoms with E-state index in [9.17, 15) is 0 Å². The minimum absolute atomic E-state index is 0.399. The molecule has 0 saturated carbocycles. The average Bonchev–Trinajstić information content (AvgIpc) is 2.34. The fourth-order valence-corrected chi connectivity index (χ4v) is 0.882. The number of hydrogen-bond acceptors (Lipinski definition) is 3. The van der Waals surface area contributed by atoms with Crippen LogP contribution >= 0.6 is 0 Å². The summed E-state index contributed by atoms with van der Waals surface area (Å²) in [6.45, 7) is 2.55. The van der Waals surface area contributed by atoms with E-state index < -0.39 is 0 Å². The van der Waals surface area contributed by atoms with Crippen molar-refractivity contribution >= 4 is 11.7 Å². The first-order valence-electron chi connectivity index (χ1n) is 3.74. The first kappa shape index (κ1) is 8.58. The summed E-state index contributed by atoms with van der Waals surface area (Å²) < 4.78 is 1.70. The topological polar surface area (TPSA) is 82.2 Å². The number of imidazole rings is 1. The van der Waals surface area contributed by atoms with Gasteiger partial charge in [-0.3, -0.25) is 4.99 Å². The summed E-state index contributed by atoms with van der Waals surface area (Å²) in [4.78, 5) is 8.02. The Hall–Kier alpha value is -1.52. The summed E-state index contributed by atoms with van der Waals surface area (Å²) in [6.07, 6.45) is 1.61. The maximum absolute atomic E-state index is 5.67. The highest BCUT2D eigenvalue weighted by Crippen LogP contribution is 2.06. The fourth-order valence-electron chi connectivity index (χ4n) is 0.882. The van der Waals surface area contributed by atoms with E-state index in [4.69, 9.17) is 11.5 Å². The van der Waals surface area contributed by atoms with Crippen LogP contribution in [0.15, 0.2) is 11.3 Å². The number of nitrogens with zero attached hydrogens (tertiary/aromatic N) is 3. The van der Waals surface area contributed by atoms with E-state index in [0.29, 0.717) is 23.9 Å². The normalized spacial score (nSPS) is 12.0. The Bertz CT molecular complexity index is 299. The van der Waals surface area contributed by atoms with Crippen LogP contribution in [0.1, 0.15) is 12.6 Å². The van der Waals surface area contributed by atoms with Crippen LogP contribution in [0.5, 0.6) is 0 Å². The Labute approximate surface area is 71.1 Å². The third kappa shape index (κ3) is 1.39.